The normalized spacial score (nSPS) is 17.9. The molecule has 3 aromatic rings. The molecule has 6 nitrogen and oxygen atoms in total. The van der Waals surface area contributed by atoms with Gasteiger partial charge in [-0.3, -0.25) is 9.59 Å². The lowest BCUT2D eigenvalue weighted by Crippen LogP contribution is -2.38. The van der Waals surface area contributed by atoms with E-state index in [2.05, 4.69) is 9.97 Å². The topological polar surface area (TPSA) is 81.8 Å². The SMILES string of the molecule is Cc1c(C(=O)N2CCC(c3nc4ccccc4[nH]3)CC2)[nH]c2c1C(=O)CCC2. The first kappa shape index (κ1) is 17.2. The van der Waals surface area contributed by atoms with Crippen molar-refractivity contribution >= 4 is 22.7 Å². The molecule has 0 saturated carbocycles. The highest BCUT2D eigenvalue weighted by Gasteiger charge is 2.31. The molecule has 0 bridgehead atoms. The average Bonchev–Trinajstić information content (AvgIpc) is 3.30. The number of likely N-dealkylation sites (tertiary alicyclic amines) is 1. The number of piperidine rings is 1. The molecule has 1 aliphatic carbocycles. The fourth-order valence-corrected chi connectivity index (χ4v) is 4.67. The second-order valence-electron chi connectivity index (χ2n) is 7.96. The van der Waals surface area contributed by atoms with Gasteiger partial charge in [0.1, 0.15) is 11.5 Å². The molecule has 1 aliphatic heterocycles. The Morgan fingerprint density at radius 2 is 1.93 bits per heavy atom. The van der Waals surface area contributed by atoms with Gasteiger partial charge < -0.3 is 14.9 Å². The number of ketones is 1. The van der Waals surface area contributed by atoms with Crippen LogP contribution in [0.5, 0.6) is 0 Å². The van der Waals surface area contributed by atoms with Crippen molar-refractivity contribution in [2.45, 2.75) is 44.9 Å². The van der Waals surface area contributed by atoms with Crippen molar-refractivity contribution in [3.63, 3.8) is 0 Å². The largest absolute Gasteiger partial charge is 0.354 e. The van der Waals surface area contributed by atoms with Gasteiger partial charge in [-0.15, -0.1) is 0 Å². The number of nitrogens with one attached hydrogen (secondary N) is 2. The Morgan fingerprint density at radius 3 is 2.68 bits per heavy atom. The predicted octanol–water partition coefficient (Wildman–Crippen LogP) is 3.74. The van der Waals surface area contributed by atoms with Crippen LogP contribution in [0.3, 0.4) is 0 Å². The Bertz CT molecular complexity index is 1040. The first-order valence-corrected chi connectivity index (χ1v) is 10.1. The number of aromatic nitrogens is 3. The van der Waals surface area contributed by atoms with E-state index in [-0.39, 0.29) is 11.7 Å². The van der Waals surface area contributed by atoms with Gasteiger partial charge >= 0.3 is 0 Å². The van der Waals surface area contributed by atoms with Crippen LogP contribution < -0.4 is 0 Å². The number of H-pyrrole nitrogens is 2. The number of amides is 1. The van der Waals surface area contributed by atoms with E-state index in [0.717, 1.165) is 59.4 Å². The van der Waals surface area contributed by atoms with E-state index in [1.54, 1.807) is 0 Å². The molecule has 0 radical (unpaired) electrons. The number of hydrogen-bond donors (Lipinski definition) is 2. The van der Waals surface area contributed by atoms with Crippen molar-refractivity contribution in [2.24, 2.45) is 0 Å². The van der Waals surface area contributed by atoms with Crippen LogP contribution in [0.25, 0.3) is 11.0 Å². The molecule has 0 unspecified atom stereocenters. The maximum absolute atomic E-state index is 13.1. The Labute approximate surface area is 163 Å². The summed E-state index contributed by atoms with van der Waals surface area (Å²) in [4.78, 5) is 38.7. The fourth-order valence-electron chi connectivity index (χ4n) is 4.67. The summed E-state index contributed by atoms with van der Waals surface area (Å²) in [6, 6.07) is 8.07. The summed E-state index contributed by atoms with van der Waals surface area (Å²) in [6.45, 7) is 3.31. The van der Waals surface area contributed by atoms with Crippen LogP contribution in [0.15, 0.2) is 24.3 Å². The number of fused-ring (bicyclic) bond motifs is 2. The third-order valence-corrected chi connectivity index (χ3v) is 6.23. The number of carbonyl (C=O) groups excluding carboxylic acids is 2. The highest BCUT2D eigenvalue weighted by Crippen LogP contribution is 2.31. The standard InChI is InChI=1S/C22H24N4O2/c1-13-19-17(7-4-8-18(19)27)23-20(13)22(28)26-11-9-14(10-12-26)21-24-15-5-2-3-6-16(15)25-21/h2-3,5-6,14,23H,4,7-12H2,1H3,(H,24,25). The van der Waals surface area contributed by atoms with E-state index in [0.29, 0.717) is 31.1 Å². The Kier molecular flexibility index (Phi) is 4.07. The number of hydrogen-bond acceptors (Lipinski definition) is 3. The summed E-state index contributed by atoms with van der Waals surface area (Å²) in [5.41, 5.74) is 5.18. The highest BCUT2D eigenvalue weighted by molar-refractivity contribution is 6.04. The van der Waals surface area contributed by atoms with E-state index >= 15 is 0 Å². The summed E-state index contributed by atoms with van der Waals surface area (Å²) in [6.07, 6.45) is 4.09. The molecular formula is C22H24N4O2. The van der Waals surface area contributed by atoms with E-state index in [9.17, 15) is 9.59 Å². The molecule has 1 fully saturated rings. The lowest BCUT2D eigenvalue weighted by Gasteiger charge is -2.31. The first-order chi connectivity index (χ1) is 13.6. The van der Waals surface area contributed by atoms with Gasteiger partial charge in [0.15, 0.2) is 5.78 Å². The molecule has 3 heterocycles. The first-order valence-electron chi connectivity index (χ1n) is 10.1. The minimum Gasteiger partial charge on any atom is -0.354 e. The van der Waals surface area contributed by atoms with Gasteiger partial charge in [0.2, 0.25) is 0 Å². The van der Waals surface area contributed by atoms with Gasteiger partial charge in [-0.2, -0.15) is 0 Å². The molecule has 2 aliphatic rings. The number of carbonyl (C=O) groups is 2. The van der Waals surface area contributed by atoms with Gasteiger partial charge in [-0.05, 0) is 50.3 Å². The van der Waals surface area contributed by atoms with E-state index in [4.69, 9.17) is 4.98 Å². The van der Waals surface area contributed by atoms with Crippen molar-refractivity contribution in [2.75, 3.05) is 13.1 Å². The summed E-state index contributed by atoms with van der Waals surface area (Å²) in [5, 5.41) is 0. The molecule has 0 atom stereocenters. The van der Waals surface area contributed by atoms with Crippen LogP contribution in [0, 0.1) is 6.92 Å². The number of imidazole rings is 1. The van der Waals surface area contributed by atoms with E-state index < -0.39 is 0 Å². The molecule has 2 N–H and O–H groups in total. The van der Waals surface area contributed by atoms with Crippen LogP contribution in [0.4, 0.5) is 0 Å². The maximum Gasteiger partial charge on any atom is 0.270 e. The summed E-state index contributed by atoms with van der Waals surface area (Å²) in [5.74, 6) is 1.54. The van der Waals surface area contributed by atoms with Crippen molar-refractivity contribution in [1.29, 1.82) is 0 Å². The van der Waals surface area contributed by atoms with Crippen molar-refractivity contribution in [3.05, 3.63) is 52.6 Å². The molecule has 0 spiro atoms. The smallest absolute Gasteiger partial charge is 0.270 e. The van der Waals surface area contributed by atoms with Gasteiger partial charge in [0.05, 0.1) is 11.0 Å². The molecule has 6 heteroatoms. The zero-order valence-corrected chi connectivity index (χ0v) is 16.0. The van der Waals surface area contributed by atoms with E-state index in [1.807, 2.05) is 36.1 Å². The lowest BCUT2D eigenvalue weighted by atomic mass is 9.93. The predicted molar refractivity (Wildman–Crippen MR) is 107 cm³/mol. The number of benzene rings is 1. The van der Waals surface area contributed by atoms with Crippen molar-refractivity contribution in [1.82, 2.24) is 19.9 Å². The summed E-state index contributed by atoms with van der Waals surface area (Å²) < 4.78 is 0. The molecule has 28 heavy (non-hydrogen) atoms. The second-order valence-corrected chi connectivity index (χ2v) is 7.96. The molecule has 1 aromatic carbocycles. The minimum atomic E-state index is 0.0164. The minimum absolute atomic E-state index is 0.0164. The van der Waals surface area contributed by atoms with Crippen LogP contribution in [0.2, 0.25) is 0 Å². The number of nitrogens with zero attached hydrogens (tertiary/aromatic N) is 2. The average molecular weight is 376 g/mol. The maximum atomic E-state index is 13.1. The molecule has 144 valence electrons. The summed E-state index contributed by atoms with van der Waals surface area (Å²) >= 11 is 0. The third kappa shape index (κ3) is 2.75. The van der Waals surface area contributed by atoms with Gasteiger partial charge in [0, 0.05) is 36.7 Å². The van der Waals surface area contributed by atoms with Crippen LogP contribution in [0.1, 0.15) is 69.5 Å². The number of rotatable bonds is 2. The third-order valence-electron chi connectivity index (χ3n) is 6.23. The van der Waals surface area contributed by atoms with Gasteiger partial charge in [0.25, 0.3) is 5.91 Å². The summed E-state index contributed by atoms with van der Waals surface area (Å²) in [7, 11) is 0. The quantitative estimate of drug-likeness (QED) is 0.715. The molecule has 5 rings (SSSR count). The number of para-hydroxylation sites is 2. The van der Waals surface area contributed by atoms with Crippen LogP contribution in [-0.2, 0) is 6.42 Å². The Morgan fingerprint density at radius 1 is 1.14 bits per heavy atom. The zero-order chi connectivity index (χ0) is 19.3. The number of Topliss-reactive ketones (excluding diaryl/α,β-unsaturated/α-hetero) is 1. The van der Waals surface area contributed by atoms with Crippen LogP contribution in [-0.4, -0.2) is 44.6 Å². The highest BCUT2D eigenvalue weighted by atomic mass is 16.2. The zero-order valence-electron chi connectivity index (χ0n) is 16.0. The molecular weight excluding hydrogens is 352 g/mol. The molecule has 1 amide bonds. The molecule has 1 saturated heterocycles. The van der Waals surface area contributed by atoms with Gasteiger partial charge in [-0.25, -0.2) is 4.98 Å². The second kappa shape index (κ2) is 6.62. The number of aromatic amines is 2. The van der Waals surface area contributed by atoms with Crippen molar-refractivity contribution in [3.8, 4) is 0 Å². The van der Waals surface area contributed by atoms with Crippen molar-refractivity contribution < 1.29 is 9.59 Å². The Balaban J connectivity index is 1.32. The van der Waals surface area contributed by atoms with E-state index in [1.165, 1.54) is 0 Å². The monoisotopic (exact) mass is 376 g/mol. The fraction of sp³-hybridized carbons (Fsp3) is 0.409. The Hall–Kier alpha value is -2.89. The van der Waals surface area contributed by atoms with Gasteiger partial charge in [-0.1, -0.05) is 12.1 Å². The van der Waals surface area contributed by atoms with Crippen LogP contribution >= 0.6 is 0 Å². The number of aryl methyl sites for hydroxylation is 1. The lowest BCUT2D eigenvalue weighted by molar-refractivity contribution is 0.0705. The molecule has 2 aromatic heterocycles.